The number of hydrogen-bond donors (Lipinski definition) is 2. The van der Waals surface area contributed by atoms with Gasteiger partial charge in [-0.25, -0.2) is 4.98 Å². The maximum absolute atomic E-state index is 12.0. The summed E-state index contributed by atoms with van der Waals surface area (Å²) in [5.41, 5.74) is 1.19. The number of amides is 1. The van der Waals surface area contributed by atoms with E-state index >= 15 is 0 Å². The minimum atomic E-state index is -0.0104. The predicted octanol–water partition coefficient (Wildman–Crippen LogP) is 1.15. The van der Waals surface area contributed by atoms with Crippen molar-refractivity contribution < 1.29 is 9.90 Å². The molecule has 0 spiro atoms. The molecule has 124 valence electrons. The third kappa shape index (κ3) is 4.15. The van der Waals surface area contributed by atoms with E-state index in [1.165, 1.54) is 17.0 Å². The molecule has 2 aromatic heterocycles. The number of nitrogens with zero attached hydrogens (tertiary/aromatic N) is 4. The molecule has 1 saturated heterocycles. The number of carbonyl (C=O) groups excluding carboxylic acids is 1. The molecule has 23 heavy (non-hydrogen) atoms. The van der Waals surface area contributed by atoms with E-state index in [2.05, 4.69) is 20.3 Å². The summed E-state index contributed by atoms with van der Waals surface area (Å²) in [5, 5.41) is 18.7. The Hall–Kier alpha value is -1.77. The molecule has 0 unspecified atom stereocenters. The van der Waals surface area contributed by atoms with Crippen molar-refractivity contribution in [2.24, 2.45) is 0 Å². The highest BCUT2D eigenvalue weighted by Gasteiger charge is 2.24. The van der Waals surface area contributed by atoms with Crippen molar-refractivity contribution in [3.63, 3.8) is 0 Å². The van der Waals surface area contributed by atoms with Gasteiger partial charge in [0.2, 0.25) is 5.91 Å². The second-order valence-electron chi connectivity index (χ2n) is 5.64. The van der Waals surface area contributed by atoms with Gasteiger partial charge in [0.05, 0.1) is 19.7 Å². The molecular formula is C15H21N5O2S. The van der Waals surface area contributed by atoms with Crippen LogP contribution in [0.5, 0.6) is 0 Å². The van der Waals surface area contributed by atoms with Crippen molar-refractivity contribution in [2.45, 2.75) is 25.3 Å². The van der Waals surface area contributed by atoms with Crippen LogP contribution < -0.4 is 5.32 Å². The first-order valence-electron chi connectivity index (χ1n) is 7.80. The number of anilines is 1. The van der Waals surface area contributed by atoms with Gasteiger partial charge in [-0.2, -0.15) is 5.10 Å². The fraction of sp³-hybridized carbons (Fsp3) is 0.533. The Balaban J connectivity index is 1.48. The summed E-state index contributed by atoms with van der Waals surface area (Å²) in [5.74, 6) is 0.436. The fourth-order valence-corrected chi connectivity index (χ4v) is 3.55. The standard InChI is InChI=1S/C15H21N5O2S/c21-9-8-20-13(1-4-17-20)12-2-6-19(7-3-12)11-14(22)18-15-16-5-10-23-15/h1,4-5,10,12,21H,2-3,6-9,11H2,(H,16,18,22). The number of nitrogens with one attached hydrogen (secondary N) is 1. The summed E-state index contributed by atoms with van der Waals surface area (Å²) in [6.07, 6.45) is 5.48. The van der Waals surface area contributed by atoms with E-state index in [0.717, 1.165) is 25.9 Å². The maximum atomic E-state index is 12.0. The van der Waals surface area contributed by atoms with Crippen LogP contribution in [-0.4, -0.2) is 56.9 Å². The van der Waals surface area contributed by atoms with Crippen LogP contribution in [0.2, 0.25) is 0 Å². The minimum Gasteiger partial charge on any atom is -0.394 e. The van der Waals surface area contributed by atoms with Gasteiger partial charge < -0.3 is 10.4 Å². The van der Waals surface area contributed by atoms with Gasteiger partial charge in [0.25, 0.3) is 0 Å². The Morgan fingerprint density at radius 3 is 2.91 bits per heavy atom. The fourth-order valence-electron chi connectivity index (χ4n) is 3.01. The second-order valence-corrected chi connectivity index (χ2v) is 6.53. The summed E-state index contributed by atoms with van der Waals surface area (Å²) in [6, 6.07) is 2.03. The third-order valence-corrected chi connectivity index (χ3v) is 4.80. The first-order chi connectivity index (χ1) is 11.3. The van der Waals surface area contributed by atoms with Crippen LogP contribution in [0.1, 0.15) is 24.5 Å². The second kappa shape index (κ2) is 7.67. The van der Waals surface area contributed by atoms with Crippen molar-refractivity contribution >= 4 is 22.4 Å². The lowest BCUT2D eigenvalue weighted by Crippen LogP contribution is -2.39. The number of aliphatic hydroxyl groups is 1. The molecule has 0 aliphatic carbocycles. The predicted molar refractivity (Wildman–Crippen MR) is 88.5 cm³/mol. The smallest absolute Gasteiger partial charge is 0.240 e. The zero-order valence-corrected chi connectivity index (χ0v) is 13.7. The first-order valence-corrected chi connectivity index (χ1v) is 8.68. The van der Waals surface area contributed by atoms with E-state index < -0.39 is 0 Å². The van der Waals surface area contributed by atoms with Gasteiger partial charge in [-0.3, -0.25) is 14.4 Å². The maximum Gasteiger partial charge on any atom is 0.240 e. The molecular weight excluding hydrogens is 314 g/mol. The molecule has 0 radical (unpaired) electrons. The van der Waals surface area contributed by atoms with Crippen molar-refractivity contribution in [1.29, 1.82) is 0 Å². The number of piperidine rings is 1. The molecule has 0 bridgehead atoms. The van der Waals surface area contributed by atoms with Crippen LogP contribution in [0.25, 0.3) is 0 Å². The van der Waals surface area contributed by atoms with E-state index in [1.54, 1.807) is 12.4 Å². The van der Waals surface area contributed by atoms with Gasteiger partial charge >= 0.3 is 0 Å². The monoisotopic (exact) mass is 335 g/mol. The molecule has 0 atom stereocenters. The van der Waals surface area contributed by atoms with Crippen molar-refractivity contribution in [3.8, 4) is 0 Å². The number of aromatic nitrogens is 3. The van der Waals surface area contributed by atoms with E-state index in [1.807, 2.05) is 16.1 Å². The highest BCUT2D eigenvalue weighted by molar-refractivity contribution is 7.13. The van der Waals surface area contributed by atoms with E-state index in [9.17, 15) is 4.79 Å². The highest BCUT2D eigenvalue weighted by atomic mass is 32.1. The Kier molecular flexibility index (Phi) is 5.37. The Labute approximate surface area is 138 Å². The summed E-state index contributed by atoms with van der Waals surface area (Å²) < 4.78 is 1.88. The van der Waals surface area contributed by atoms with E-state index in [4.69, 9.17) is 5.11 Å². The van der Waals surface area contributed by atoms with E-state index in [0.29, 0.717) is 24.1 Å². The number of hydrogen-bond acceptors (Lipinski definition) is 6. The van der Waals surface area contributed by atoms with Crippen LogP contribution in [0, 0.1) is 0 Å². The number of rotatable bonds is 6. The average molecular weight is 335 g/mol. The first kappa shape index (κ1) is 16.1. The molecule has 0 aromatic carbocycles. The summed E-state index contributed by atoms with van der Waals surface area (Å²) in [6.45, 7) is 2.83. The summed E-state index contributed by atoms with van der Waals surface area (Å²) in [4.78, 5) is 18.2. The molecule has 3 rings (SSSR count). The zero-order valence-electron chi connectivity index (χ0n) is 12.9. The average Bonchev–Trinajstić information content (AvgIpc) is 3.20. The lowest BCUT2D eigenvalue weighted by atomic mass is 9.93. The lowest BCUT2D eigenvalue weighted by Gasteiger charge is -2.31. The molecule has 3 heterocycles. The van der Waals surface area contributed by atoms with Gasteiger partial charge in [-0.15, -0.1) is 11.3 Å². The van der Waals surface area contributed by atoms with Crippen LogP contribution >= 0.6 is 11.3 Å². The zero-order chi connectivity index (χ0) is 16.1. The molecule has 7 nitrogen and oxygen atoms in total. The number of aliphatic hydroxyl groups excluding tert-OH is 1. The van der Waals surface area contributed by atoms with Crippen molar-refractivity contribution in [1.82, 2.24) is 19.7 Å². The molecule has 1 aliphatic heterocycles. The highest BCUT2D eigenvalue weighted by Crippen LogP contribution is 2.27. The van der Waals surface area contributed by atoms with Crippen LogP contribution in [0.4, 0.5) is 5.13 Å². The number of likely N-dealkylation sites (tertiary alicyclic amines) is 1. The third-order valence-electron chi connectivity index (χ3n) is 4.11. The Morgan fingerprint density at radius 2 is 2.22 bits per heavy atom. The molecule has 8 heteroatoms. The molecule has 2 aromatic rings. The quantitative estimate of drug-likeness (QED) is 0.827. The number of carbonyl (C=O) groups is 1. The van der Waals surface area contributed by atoms with Crippen LogP contribution in [0.3, 0.4) is 0 Å². The van der Waals surface area contributed by atoms with Crippen molar-refractivity contribution in [3.05, 3.63) is 29.5 Å². The van der Waals surface area contributed by atoms with Gasteiger partial charge in [-0.1, -0.05) is 0 Å². The molecule has 2 N–H and O–H groups in total. The largest absolute Gasteiger partial charge is 0.394 e. The molecule has 1 aliphatic rings. The Bertz CT molecular complexity index is 620. The summed E-state index contributed by atoms with van der Waals surface area (Å²) in [7, 11) is 0. The number of thiazole rings is 1. The normalized spacial score (nSPS) is 16.6. The van der Waals surface area contributed by atoms with Gasteiger partial charge in [0, 0.05) is 29.4 Å². The van der Waals surface area contributed by atoms with Gasteiger partial charge in [0.15, 0.2) is 5.13 Å². The van der Waals surface area contributed by atoms with Crippen LogP contribution in [-0.2, 0) is 11.3 Å². The van der Waals surface area contributed by atoms with Gasteiger partial charge in [-0.05, 0) is 32.0 Å². The lowest BCUT2D eigenvalue weighted by molar-refractivity contribution is -0.117. The minimum absolute atomic E-state index is 0.0104. The SMILES string of the molecule is O=C(CN1CCC(c2ccnn2CCO)CC1)Nc1nccs1. The van der Waals surface area contributed by atoms with E-state index in [-0.39, 0.29) is 12.5 Å². The Morgan fingerprint density at radius 1 is 1.39 bits per heavy atom. The van der Waals surface area contributed by atoms with Gasteiger partial charge in [0.1, 0.15) is 0 Å². The molecule has 1 fully saturated rings. The molecule has 1 amide bonds. The topological polar surface area (TPSA) is 83.3 Å². The van der Waals surface area contributed by atoms with Crippen molar-refractivity contribution in [2.75, 3.05) is 31.6 Å². The van der Waals surface area contributed by atoms with Crippen LogP contribution in [0.15, 0.2) is 23.8 Å². The molecule has 0 saturated carbocycles. The summed E-state index contributed by atoms with van der Waals surface area (Å²) >= 11 is 1.43.